The number of nitrogens with two attached hydrogens (primary N) is 1. The van der Waals surface area contributed by atoms with Gasteiger partial charge in [-0.1, -0.05) is 0 Å². The molecule has 2 heterocycles. The standard InChI is InChI=1S/C17H22FN5O2.ClH/c18-13-2-4-14(5-3-13)23-20-12-16(21-23)17(24)22-9-6-15(7-10-22)25-11-1-8-19;/h2-5,12,15H,1,6-11,19H2;1H. The topological polar surface area (TPSA) is 86.3 Å². The number of carbonyl (C=O) groups excluding carboxylic acids is 1. The maximum atomic E-state index is 13.0. The first-order chi connectivity index (χ1) is 12.2. The fourth-order valence-corrected chi connectivity index (χ4v) is 2.78. The highest BCUT2D eigenvalue weighted by atomic mass is 35.5. The molecule has 3 rings (SSSR count). The number of amides is 1. The average molecular weight is 384 g/mol. The van der Waals surface area contributed by atoms with Gasteiger partial charge in [-0.2, -0.15) is 9.90 Å². The van der Waals surface area contributed by atoms with E-state index in [0.29, 0.717) is 31.9 Å². The Morgan fingerprint density at radius 1 is 1.27 bits per heavy atom. The predicted octanol–water partition coefficient (Wildman–Crippen LogP) is 1.80. The van der Waals surface area contributed by atoms with Gasteiger partial charge in [0.15, 0.2) is 5.69 Å². The number of aromatic nitrogens is 3. The van der Waals surface area contributed by atoms with Crippen molar-refractivity contribution in [2.45, 2.75) is 25.4 Å². The van der Waals surface area contributed by atoms with E-state index in [1.807, 2.05) is 0 Å². The highest BCUT2D eigenvalue weighted by molar-refractivity contribution is 5.92. The lowest BCUT2D eigenvalue weighted by Gasteiger charge is -2.31. The zero-order chi connectivity index (χ0) is 17.6. The minimum atomic E-state index is -0.330. The lowest BCUT2D eigenvalue weighted by molar-refractivity contribution is 0.00828. The van der Waals surface area contributed by atoms with E-state index in [9.17, 15) is 9.18 Å². The number of hydrogen-bond acceptors (Lipinski definition) is 5. The second-order valence-electron chi connectivity index (χ2n) is 6.00. The van der Waals surface area contributed by atoms with Crippen LogP contribution in [0.4, 0.5) is 4.39 Å². The largest absolute Gasteiger partial charge is 0.378 e. The molecule has 1 aromatic heterocycles. The van der Waals surface area contributed by atoms with Gasteiger partial charge in [-0.3, -0.25) is 4.79 Å². The summed E-state index contributed by atoms with van der Waals surface area (Å²) in [7, 11) is 0. The molecule has 0 spiro atoms. The molecule has 142 valence electrons. The Hall–Kier alpha value is -2.03. The Labute approximate surface area is 157 Å². The third-order valence-corrected chi connectivity index (χ3v) is 4.20. The molecule has 1 aromatic carbocycles. The van der Waals surface area contributed by atoms with Crippen molar-refractivity contribution in [3.05, 3.63) is 42.0 Å². The second-order valence-corrected chi connectivity index (χ2v) is 6.00. The fourth-order valence-electron chi connectivity index (χ4n) is 2.78. The molecule has 0 atom stereocenters. The van der Waals surface area contributed by atoms with E-state index in [4.69, 9.17) is 10.5 Å². The van der Waals surface area contributed by atoms with E-state index in [1.54, 1.807) is 17.0 Å². The van der Waals surface area contributed by atoms with Crippen molar-refractivity contribution >= 4 is 18.3 Å². The molecule has 0 radical (unpaired) electrons. The van der Waals surface area contributed by atoms with Crippen molar-refractivity contribution in [2.75, 3.05) is 26.2 Å². The van der Waals surface area contributed by atoms with E-state index >= 15 is 0 Å². The fraction of sp³-hybridized carbons (Fsp3) is 0.471. The molecule has 0 unspecified atom stereocenters. The number of halogens is 2. The van der Waals surface area contributed by atoms with E-state index < -0.39 is 0 Å². The summed E-state index contributed by atoms with van der Waals surface area (Å²) in [6, 6.07) is 5.78. The van der Waals surface area contributed by atoms with Crippen LogP contribution in [-0.2, 0) is 4.74 Å². The number of hydrogen-bond donors (Lipinski definition) is 1. The van der Waals surface area contributed by atoms with Crippen molar-refractivity contribution in [1.29, 1.82) is 0 Å². The van der Waals surface area contributed by atoms with Crippen LogP contribution in [0.2, 0.25) is 0 Å². The molecular weight excluding hydrogens is 361 g/mol. The Morgan fingerprint density at radius 3 is 2.62 bits per heavy atom. The number of carbonyl (C=O) groups is 1. The van der Waals surface area contributed by atoms with Gasteiger partial charge >= 0.3 is 0 Å². The van der Waals surface area contributed by atoms with Crippen LogP contribution in [0.25, 0.3) is 5.69 Å². The number of likely N-dealkylation sites (tertiary alicyclic amines) is 1. The van der Waals surface area contributed by atoms with Gasteiger partial charge in [0, 0.05) is 19.7 Å². The summed E-state index contributed by atoms with van der Waals surface area (Å²) in [6.07, 6.45) is 4.09. The van der Waals surface area contributed by atoms with Gasteiger partial charge in [0.25, 0.3) is 5.91 Å². The highest BCUT2D eigenvalue weighted by Gasteiger charge is 2.25. The third kappa shape index (κ3) is 5.00. The molecule has 1 fully saturated rings. The summed E-state index contributed by atoms with van der Waals surface area (Å²) < 4.78 is 18.7. The Morgan fingerprint density at radius 2 is 1.96 bits per heavy atom. The van der Waals surface area contributed by atoms with Crippen molar-refractivity contribution in [1.82, 2.24) is 19.9 Å². The molecule has 2 aromatic rings. The van der Waals surface area contributed by atoms with Crippen LogP contribution < -0.4 is 5.73 Å². The average Bonchev–Trinajstić information content (AvgIpc) is 3.13. The zero-order valence-corrected chi connectivity index (χ0v) is 15.2. The first-order valence-electron chi connectivity index (χ1n) is 8.46. The summed E-state index contributed by atoms with van der Waals surface area (Å²) in [5, 5.41) is 8.31. The predicted molar refractivity (Wildman–Crippen MR) is 97.1 cm³/mol. The first-order valence-corrected chi connectivity index (χ1v) is 8.46. The van der Waals surface area contributed by atoms with Crippen LogP contribution in [0.1, 0.15) is 29.8 Å². The van der Waals surface area contributed by atoms with E-state index in [0.717, 1.165) is 19.3 Å². The molecule has 26 heavy (non-hydrogen) atoms. The Balaban J connectivity index is 0.00000243. The summed E-state index contributed by atoms with van der Waals surface area (Å²) in [5.41, 5.74) is 6.34. The summed E-state index contributed by atoms with van der Waals surface area (Å²) in [5.74, 6) is -0.475. The summed E-state index contributed by atoms with van der Waals surface area (Å²) in [4.78, 5) is 15.7. The van der Waals surface area contributed by atoms with E-state index in [1.165, 1.54) is 23.1 Å². The zero-order valence-electron chi connectivity index (χ0n) is 14.4. The van der Waals surface area contributed by atoms with E-state index in [2.05, 4.69) is 10.2 Å². The number of rotatable bonds is 6. The molecular formula is C17H23ClFN5O2. The van der Waals surface area contributed by atoms with Crippen LogP contribution in [-0.4, -0.2) is 58.1 Å². The molecule has 7 nitrogen and oxygen atoms in total. The molecule has 1 aliphatic rings. The van der Waals surface area contributed by atoms with Crippen molar-refractivity contribution < 1.29 is 13.9 Å². The van der Waals surface area contributed by atoms with Crippen LogP contribution in [0.15, 0.2) is 30.5 Å². The lowest BCUT2D eigenvalue weighted by atomic mass is 10.1. The Bertz CT molecular complexity index is 701. The number of nitrogens with zero attached hydrogens (tertiary/aromatic N) is 4. The molecule has 0 aliphatic carbocycles. The number of ether oxygens (including phenoxy) is 1. The van der Waals surface area contributed by atoms with Crippen LogP contribution in [0.3, 0.4) is 0 Å². The van der Waals surface area contributed by atoms with Crippen LogP contribution in [0, 0.1) is 5.82 Å². The van der Waals surface area contributed by atoms with Gasteiger partial charge in [-0.15, -0.1) is 17.5 Å². The van der Waals surface area contributed by atoms with Crippen molar-refractivity contribution in [3.63, 3.8) is 0 Å². The highest BCUT2D eigenvalue weighted by Crippen LogP contribution is 2.16. The van der Waals surface area contributed by atoms with Gasteiger partial charge in [0.2, 0.25) is 0 Å². The van der Waals surface area contributed by atoms with Crippen molar-refractivity contribution in [3.8, 4) is 5.69 Å². The SMILES string of the molecule is Cl.NCCCOC1CCN(C(=O)c2cnn(-c3ccc(F)cc3)n2)CC1. The maximum Gasteiger partial charge on any atom is 0.276 e. The minimum absolute atomic E-state index is 0. The molecule has 0 bridgehead atoms. The minimum Gasteiger partial charge on any atom is -0.378 e. The smallest absolute Gasteiger partial charge is 0.276 e. The normalized spacial score (nSPS) is 14.9. The van der Waals surface area contributed by atoms with Crippen molar-refractivity contribution in [2.24, 2.45) is 5.73 Å². The quantitative estimate of drug-likeness (QED) is 0.768. The van der Waals surface area contributed by atoms with Gasteiger partial charge < -0.3 is 15.4 Å². The van der Waals surface area contributed by atoms with Gasteiger partial charge in [-0.25, -0.2) is 4.39 Å². The monoisotopic (exact) mass is 383 g/mol. The molecule has 1 aliphatic heterocycles. The molecule has 9 heteroatoms. The maximum absolute atomic E-state index is 13.0. The van der Waals surface area contributed by atoms with Gasteiger partial charge in [-0.05, 0) is 50.1 Å². The second kappa shape index (κ2) is 9.61. The Kier molecular flexibility index (Phi) is 7.50. The summed E-state index contributed by atoms with van der Waals surface area (Å²) >= 11 is 0. The van der Waals surface area contributed by atoms with Gasteiger partial charge in [0.1, 0.15) is 5.82 Å². The molecule has 1 amide bonds. The first kappa shape index (κ1) is 20.3. The molecule has 1 saturated heterocycles. The molecule has 2 N–H and O–H groups in total. The summed E-state index contributed by atoms with van der Waals surface area (Å²) in [6.45, 7) is 2.56. The number of benzene rings is 1. The lowest BCUT2D eigenvalue weighted by Crippen LogP contribution is -2.41. The van der Waals surface area contributed by atoms with Crippen LogP contribution >= 0.6 is 12.4 Å². The van der Waals surface area contributed by atoms with Gasteiger partial charge in [0.05, 0.1) is 18.0 Å². The van der Waals surface area contributed by atoms with E-state index in [-0.39, 0.29) is 35.9 Å². The number of piperidine rings is 1. The molecule has 0 saturated carbocycles. The third-order valence-electron chi connectivity index (χ3n) is 4.20. The van der Waals surface area contributed by atoms with Crippen LogP contribution in [0.5, 0.6) is 0 Å².